The quantitative estimate of drug-likeness (QED) is 0.691. The molecule has 0 aliphatic heterocycles. The molecule has 0 saturated carbocycles. The molecule has 0 aliphatic rings. The van der Waals surface area contributed by atoms with Crippen LogP contribution in [0.15, 0.2) is 30.5 Å². The molecule has 0 unspecified atom stereocenters. The molecule has 1 aromatic heterocycles. The lowest BCUT2D eigenvalue weighted by atomic mass is 10.1. The van der Waals surface area contributed by atoms with Crippen LogP contribution in [0.1, 0.15) is 5.56 Å². The van der Waals surface area contributed by atoms with Crippen molar-refractivity contribution in [2.24, 2.45) is 7.05 Å². The number of aryl methyl sites for hydroxylation is 1. The highest BCUT2D eigenvalue weighted by Crippen LogP contribution is 2.15. The van der Waals surface area contributed by atoms with E-state index in [1.165, 1.54) is 0 Å². The Labute approximate surface area is 87.8 Å². The second kappa shape index (κ2) is 3.84. The third-order valence-corrected chi connectivity index (χ3v) is 2.35. The Balaban J connectivity index is 2.49. The molecule has 3 heteroatoms. The molecule has 2 aromatic rings. The highest BCUT2D eigenvalue weighted by atomic mass is 35.5. The van der Waals surface area contributed by atoms with Gasteiger partial charge in [0.25, 0.3) is 0 Å². The molecule has 0 fully saturated rings. The lowest BCUT2D eigenvalue weighted by molar-refractivity contribution is 0.797. The van der Waals surface area contributed by atoms with E-state index in [9.17, 15) is 0 Å². The van der Waals surface area contributed by atoms with Crippen molar-refractivity contribution in [2.45, 2.75) is 0 Å². The molecule has 72 valence electrons. The first-order valence-electron chi connectivity index (χ1n) is 4.45. The molecular formula is C11H11ClN2. The normalized spacial score (nSPS) is 11.6. The van der Waals surface area contributed by atoms with Gasteiger partial charge < -0.3 is 0 Å². The fraction of sp³-hybridized carbons (Fsp3) is 0.182. The van der Waals surface area contributed by atoms with Crippen molar-refractivity contribution < 1.29 is 0 Å². The predicted molar refractivity (Wildman–Crippen MR) is 60.5 cm³/mol. The topological polar surface area (TPSA) is 17.8 Å². The van der Waals surface area contributed by atoms with Crippen molar-refractivity contribution in [3.8, 4) is 0 Å². The molecule has 2 nitrogen and oxygen atoms in total. The first-order chi connectivity index (χ1) is 6.81. The van der Waals surface area contributed by atoms with Crippen LogP contribution in [0.5, 0.6) is 0 Å². The van der Waals surface area contributed by atoms with Crippen molar-refractivity contribution in [1.29, 1.82) is 0 Å². The van der Waals surface area contributed by atoms with Crippen molar-refractivity contribution in [2.75, 3.05) is 5.88 Å². The Morgan fingerprint density at radius 2 is 2.36 bits per heavy atom. The molecule has 0 saturated heterocycles. The van der Waals surface area contributed by atoms with Gasteiger partial charge in [-0.05, 0) is 11.6 Å². The SMILES string of the molecule is Cn1ncc2ccc(C=CCCl)cc21. The largest absolute Gasteiger partial charge is 0.268 e. The van der Waals surface area contributed by atoms with Crippen molar-refractivity contribution >= 4 is 28.6 Å². The van der Waals surface area contributed by atoms with E-state index >= 15 is 0 Å². The monoisotopic (exact) mass is 206 g/mol. The maximum atomic E-state index is 5.58. The van der Waals surface area contributed by atoms with Gasteiger partial charge in [-0.1, -0.05) is 24.3 Å². The number of benzene rings is 1. The van der Waals surface area contributed by atoms with E-state index in [1.54, 1.807) is 0 Å². The molecule has 1 aromatic carbocycles. The van der Waals surface area contributed by atoms with Crippen LogP contribution in [0.25, 0.3) is 17.0 Å². The van der Waals surface area contributed by atoms with E-state index in [-0.39, 0.29) is 0 Å². The standard InChI is InChI=1S/C11H11ClN2/c1-14-11-7-9(3-2-6-12)4-5-10(11)8-13-14/h2-5,7-8H,6H2,1H3. The smallest absolute Gasteiger partial charge is 0.0685 e. The van der Waals surface area contributed by atoms with Gasteiger partial charge in [0.1, 0.15) is 0 Å². The fourth-order valence-electron chi connectivity index (χ4n) is 1.45. The van der Waals surface area contributed by atoms with Gasteiger partial charge in [0.15, 0.2) is 0 Å². The average molecular weight is 207 g/mol. The van der Waals surface area contributed by atoms with E-state index in [2.05, 4.69) is 23.3 Å². The number of alkyl halides is 1. The minimum Gasteiger partial charge on any atom is -0.268 e. The molecule has 14 heavy (non-hydrogen) atoms. The van der Waals surface area contributed by atoms with Crippen LogP contribution >= 0.6 is 11.6 Å². The number of rotatable bonds is 2. The van der Waals surface area contributed by atoms with Crippen LogP contribution in [0.2, 0.25) is 0 Å². The highest BCUT2D eigenvalue weighted by molar-refractivity contribution is 6.19. The summed E-state index contributed by atoms with van der Waals surface area (Å²) in [5.41, 5.74) is 2.29. The van der Waals surface area contributed by atoms with Gasteiger partial charge in [-0.3, -0.25) is 4.68 Å². The van der Waals surface area contributed by atoms with E-state index in [4.69, 9.17) is 11.6 Å². The zero-order valence-electron chi connectivity index (χ0n) is 7.94. The number of nitrogens with zero attached hydrogens (tertiary/aromatic N) is 2. The zero-order valence-corrected chi connectivity index (χ0v) is 8.70. The van der Waals surface area contributed by atoms with Crippen molar-refractivity contribution in [3.63, 3.8) is 0 Å². The Bertz CT molecular complexity index is 471. The third-order valence-electron chi connectivity index (χ3n) is 2.17. The van der Waals surface area contributed by atoms with E-state index in [0.29, 0.717) is 5.88 Å². The fourth-order valence-corrected chi connectivity index (χ4v) is 1.53. The summed E-state index contributed by atoms with van der Waals surface area (Å²) in [4.78, 5) is 0. The molecule has 0 spiro atoms. The zero-order chi connectivity index (χ0) is 9.97. The van der Waals surface area contributed by atoms with Crippen LogP contribution in [0, 0.1) is 0 Å². The number of aromatic nitrogens is 2. The van der Waals surface area contributed by atoms with E-state index in [0.717, 1.165) is 16.5 Å². The minimum absolute atomic E-state index is 0.545. The van der Waals surface area contributed by atoms with Crippen LogP contribution in [0.3, 0.4) is 0 Å². The van der Waals surface area contributed by atoms with Crippen molar-refractivity contribution in [1.82, 2.24) is 9.78 Å². The lowest BCUT2D eigenvalue weighted by Gasteiger charge is -1.96. The molecule has 2 rings (SSSR count). The first-order valence-corrected chi connectivity index (χ1v) is 4.99. The molecule has 1 heterocycles. The second-order valence-electron chi connectivity index (χ2n) is 3.14. The number of halogens is 1. The Hall–Kier alpha value is -1.28. The van der Waals surface area contributed by atoms with Gasteiger partial charge in [-0.2, -0.15) is 5.10 Å². The van der Waals surface area contributed by atoms with Crippen molar-refractivity contribution in [3.05, 3.63) is 36.0 Å². The summed E-state index contributed by atoms with van der Waals surface area (Å²) < 4.78 is 1.87. The van der Waals surface area contributed by atoms with Gasteiger partial charge in [0.05, 0.1) is 11.7 Å². The highest BCUT2D eigenvalue weighted by Gasteiger charge is 1.98. The predicted octanol–water partition coefficient (Wildman–Crippen LogP) is 2.83. The van der Waals surface area contributed by atoms with Gasteiger partial charge in [-0.25, -0.2) is 0 Å². The summed E-state index contributed by atoms with van der Waals surface area (Å²) in [6.07, 6.45) is 5.81. The number of hydrogen-bond acceptors (Lipinski definition) is 1. The number of fused-ring (bicyclic) bond motifs is 1. The average Bonchev–Trinajstić information content (AvgIpc) is 2.57. The van der Waals surface area contributed by atoms with Gasteiger partial charge in [0, 0.05) is 18.3 Å². The summed E-state index contributed by atoms with van der Waals surface area (Å²) in [6.45, 7) is 0. The molecule has 0 radical (unpaired) electrons. The molecular weight excluding hydrogens is 196 g/mol. The lowest BCUT2D eigenvalue weighted by Crippen LogP contribution is -1.88. The van der Waals surface area contributed by atoms with Gasteiger partial charge in [0.2, 0.25) is 0 Å². The maximum absolute atomic E-state index is 5.58. The van der Waals surface area contributed by atoms with Crippen LogP contribution in [-0.4, -0.2) is 15.7 Å². The molecule has 0 aliphatic carbocycles. The van der Waals surface area contributed by atoms with Crippen LogP contribution < -0.4 is 0 Å². The van der Waals surface area contributed by atoms with E-state index in [1.807, 2.05) is 30.1 Å². The summed E-state index contributed by atoms with van der Waals surface area (Å²) in [5, 5.41) is 5.35. The summed E-state index contributed by atoms with van der Waals surface area (Å²) in [5.74, 6) is 0.545. The van der Waals surface area contributed by atoms with Gasteiger partial charge >= 0.3 is 0 Å². The van der Waals surface area contributed by atoms with E-state index < -0.39 is 0 Å². The minimum atomic E-state index is 0.545. The Kier molecular flexibility index (Phi) is 2.55. The van der Waals surface area contributed by atoms with Crippen LogP contribution in [-0.2, 0) is 7.05 Å². The van der Waals surface area contributed by atoms with Crippen LogP contribution in [0.4, 0.5) is 0 Å². The summed E-state index contributed by atoms with van der Waals surface area (Å²) in [6, 6.07) is 6.23. The second-order valence-corrected chi connectivity index (χ2v) is 3.45. The maximum Gasteiger partial charge on any atom is 0.0685 e. The molecule has 0 bridgehead atoms. The number of hydrogen-bond donors (Lipinski definition) is 0. The molecule has 0 N–H and O–H groups in total. The Morgan fingerprint density at radius 1 is 1.50 bits per heavy atom. The molecule has 0 atom stereocenters. The summed E-state index contributed by atoms with van der Waals surface area (Å²) >= 11 is 5.58. The van der Waals surface area contributed by atoms with Gasteiger partial charge in [-0.15, -0.1) is 11.6 Å². The first kappa shape index (κ1) is 9.28. The number of allylic oxidation sites excluding steroid dienone is 1. The molecule has 0 amide bonds. The Morgan fingerprint density at radius 3 is 3.14 bits per heavy atom. The third kappa shape index (κ3) is 1.66. The summed E-state index contributed by atoms with van der Waals surface area (Å²) in [7, 11) is 1.94.